The molecule has 2 bridgehead atoms. The minimum Gasteiger partial charge on any atom is -0.294 e. The summed E-state index contributed by atoms with van der Waals surface area (Å²) in [6, 6.07) is 0. The molecule has 1 unspecified atom stereocenters. The van der Waals surface area contributed by atoms with E-state index in [9.17, 15) is 9.59 Å². The Labute approximate surface area is 140 Å². The molecule has 0 amide bonds. The highest BCUT2D eigenvalue weighted by Gasteiger charge is 2.27. The van der Waals surface area contributed by atoms with Crippen LogP contribution in [0.2, 0.25) is 0 Å². The number of ketones is 2. The average Bonchev–Trinajstić information content (AvgIpc) is 2.48. The Bertz CT molecular complexity index is 587. The van der Waals surface area contributed by atoms with Crippen LogP contribution in [0.1, 0.15) is 59.3 Å². The van der Waals surface area contributed by atoms with Crippen molar-refractivity contribution in [3.63, 3.8) is 0 Å². The maximum atomic E-state index is 12.3. The van der Waals surface area contributed by atoms with Gasteiger partial charge in [-0.2, -0.15) is 0 Å². The number of rotatable bonds is 0. The third-order valence-electron chi connectivity index (χ3n) is 4.77. The van der Waals surface area contributed by atoms with E-state index in [0.717, 1.165) is 25.7 Å². The zero-order chi connectivity index (χ0) is 16.8. The Morgan fingerprint density at radius 2 is 1.74 bits per heavy atom. The first-order valence-electron chi connectivity index (χ1n) is 8.74. The van der Waals surface area contributed by atoms with Crippen LogP contribution in [0, 0.1) is 11.8 Å². The summed E-state index contributed by atoms with van der Waals surface area (Å²) in [6.07, 6.45) is 15.3. The number of carbonyl (C=O) groups is 2. The van der Waals surface area contributed by atoms with Crippen molar-refractivity contribution in [2.24, 2.45) is 11.8 Å². The fourth-order valence-corrected chi connectivity index (χ4v) is 3.18. The zero-order valence-corrected chi connectivity index (χ0v) is 14.6. The SMILES string of the molecule is C/C1=C/CCC(C)/C=C\C2=CC(=O)[C@H](CC2=O)C/C(C)=C\CC1. The summed E-state index contributed by atoms with van der Waals surface area (Å²) in [4.78, 5) is 24.6. The van der Waals surface area contributed by atoms with E-state index >= 15 is 0 Å². The summed E-state index contributed by atoms with van der Waals surface area (Å²) in [5, 5.41) is 0. The Kier molecular flexibility index (Phi) is 6.32. The van der Waals surface area contributed by atoms with Crippen molar-refractivity contribution in [3.05, 3.63) is 47.1 Å². The lowest BCUT2D eigenvalue weighted by atomic mass is 9.83. The van der Waals surface area contributed by atoms with E-state index in [1.165, 1.54) is 11.1 Å². The van der Waals surface area contributed by atoms with Crippen LogP contribution in [-0.2, 0) is 9.59 Å². The lowest BCUT2D eigenvalue weighted by Gasteiger charge is -2.19. The van der Waals surface area contributed by atoms with Gasteiger partial charge in [0.2, 0.25) is 0 Å². The van der Waals surface area contributed by atoms with E-state index in [1.54, 1.807) is 6.08 Å². The second-order valence-electron chi connectivity index (χ2n) is 7.08. The van der Waals surface area contributed by atoms with Crippen LogP contribution in [-0.4, -0.2) is 11.6 Å². The minimum atomic E-state index is -0.169. The van der Waals surface area contributed by atoms with Gasteiger partial charge < -0.3 is 0 Å². The first-order valence-corrected chi connectivity index (χ1v) is 8.74. The van der Waals surface area contributed by atoms with Crippen molar-refractivity contribution in [2.75, 3.05) is 0 Å². The largest absolute Gasteiger partial charge is 0.294 e. The molecule has 0 aromatic rings. The molecule has 3 aliphatic carbocycles. The Morgan fingerprint density at radius 3 is 2.52 bits per heavy atom. The number of hydrogen-bond donors (Lipinski definition) is 0. The van der Waals surface area contributed by atoms with E-state index in [2.05, 4.69) is 39.0 Å². The third kappa shape index (κ3) is 5.46. The van der Waals surface area contributed by atoms with Crippen LogP contribution in [0.15, 0.2) is 47.1 Å². The number of carbonyl (C=O) groups excluding carboxylic acids is 2. The molecular weight excluding hydrogens is 284 g/mol. The molecule has 0 spiro atoms. The molecular formula is C21H28O2. The molecule has 0 radical (unpaired) electrons. The molecule has 3 aliphatic rings. The molecule has 0 fully saturated rings. The highest BCUT2D eigenvalue weighted by molar-refractivity contribution is 6.11. The number of fused-ring (bicyclic) bond motifs is 10. The quantitative estimate of drug-likeness (QED) is 0.582. The summed E-state index contributed by atoms with van der Waals surface area (Å²) in [7, 11) is 0. The molecule has 2 nitrogen and oxygen atoms in total. The summed E-state index contributed by atoms with van der Waals surface area (Å²) in [6.45, 7) is 6.43. The van der Waals surface area contributed by atoms with Gasteiger partial charge in [0.15, 0.2) is 11.6 Å². The number of allylic oxidation sites excluding steroid dienone is 8. The minimum absolute atomic E-state index is 0.104. The van der Waals surface area contributed by atoms with E-state index in [4.69, 9.17) is 0 Å². The fraction of sp³-hybridized carbons (Fsp3) is 0.524. The first-order chi connectivity index (χ1) is 11.0. The van der Waals surface area contributed by atoms with Gasteiger partial charge in [-0.1, -0.05) is 42.4 Å². The molecule has 3 rings (SSSR count). The Balaban J connectivity index is 2.22. The normalized spacial score (nSPS) is 33.4. The van der Waals surface area contributed by atoms with E-state index in [1.807, 2.05) is 6.08 Å². The monoisotopic (exact) mass is 312 g/mol. The molecule has 0 N–H and O–H groups in total. The molecule has 0 aromatic heterocycles. The van der Waals surface area contributed by atoms with Crippen molar-refractivity contribution in [1.82, 2.24) is 0 Å². The zero-order valence-electron chi connectivity index (χ0n) is 14.6. The highest BCUT2D eigenvalue weighted by atomic mass is 16.1. The van der Waals surface area contributed by atoms with Crippen LogP contribution in [0.4, 0.5) is 0 Å². The molecule has 0 heterocycles. The predicted molar refractivity (Wildman–Crippen MR) is 95.1 cm³/mol. The number of hydrogen-bond acceptors (Lipinski definition) is 2. The van der Waals surface area contributed by atoms with Crippen LogP contribution >= 0.6 is 0 Å². The molecule has 0 saturated heterocycles. The molecule has 2 heteroatoms. The third-order valence-corrected chi connectivity index (χ3v) is 4.77. The van der Waals surface area contributed by atoms with Crippen LogP contribution in [0.25, 0.3) is 0 Å². The fourth-order valence-electron chi connectivity index (χ4n) is 3.18. The van der Waals surface area contributed by atoms with Crippen molar-refractivity contribution in [2.45, 2.75) is 59.3 Å². The molecule has 0 saturated carbocycles. The first kappa shape index (κ1) is 17.7. The van der Waals surface area contributed by atoms with E-state index < -0.39 is 0 Å². The van der Waals surface area contributed by atoms with Crippen molar-refractivity contribution in [3.8, 4) is 0 Å². The molecule has 124 valence electrons. The standard InChI is InChI=1S/C21H28O2/c1-15-6-4-8-16(2)10-11-18-13-21(23)19(14-20(18)22)12-17(3)9-5-7-15/h6,9-11,13,16,19H,4-5,7-8,12,14H2,1-3H3/b11-10-,15-6-,17-9-/t16?,19-/m0/s1. The van der Waals surface area contributed by atoms with Gasteiger partial charge in [0.1, 0.15) is 0 Å². The van der Waals surface area contributed by atoms with Gasteiger partial charge in [-0.3, -0.25) is 9.59 Å². The van der Waals surface area contributed by atoms with Gasteiger partial charge >= 0.3 is 0 Å². The second-order valence-corrected chi connectivity index (χ2v) is 7.08. The van der Waals surface area contributed by atoms with Crippen molar-refractivity contribution in [1.29, 1.82) is 0 Å². The van der Waals surface area contributed by atoms with Gasteiger partial charge in [-0.25, -0.2) is 0 Å². The lowest BCUT2D eigenvalue weighted by molar-refractivity contribution is -0.125. The summed E-state index contributed by atoms with van der Waals surface area (Å²) < 4.78 is 0. The van der Waals surface area contributed by atoms with Crippen molar-refractivity contribution >= 4 is 11.6 Å². The Morgan fingerprint density at radius 1 is 1.00 bits per heavy atom. The van der Waals surface area contributed by atoms with Crippen LogP contribution < -0.4 is 0 Å². The summed E-state index contributed by atoms with van der Waals surface area (Å²) in [5.74, 6) is 0.454. The van der Waals surface area contributed by atoms with Gasteiger partial charge in [0.25, 0.3) is 0 Å². The Hall–Kier alpha value is -1.70. The van der Waals surface area contributed by atoms with Crippen LogP contribution in [0.3, 0.4) is 0 Å². The van der Waals surface area contributed by atoms with Gasteiger partial charge in [0, 0.05) is 17.9 Å². The van der Waals surface area contributed by atoms with Gasteiger partial charge in [-0.15, -0.1) is 0 Å². The van der Waals surface area contributed by atoms with Gasteiger partial charge in [0.05, 0.1) is 0 Å². The highest BCUT2D eigenvalue weighted by Crippen LogP contribution is 2.26. The predicted octanol–water partition coefficient (Wildman–Crippen LogP) is 5.12. The average molecular weight is 312 g/mol. The molecule has 23 heavy (non-hydrogen) atoms. The second kappa shape index (κ2) is 8.24. The summed E-state index contributed by atoms with van der Waals surface area (Å²) >= 11 is 0. The molecule has 0 aromatic carbocycles. The molecule has 0 aliphatic heterocycles. The number of Topliss-reactive ketones (excluding diaryl/α,β-unsaturated/α-hetero) is 1. The van der Waals surface area contributed by atoms with Crippen molar-refractivity contribution < 1.29 is 9.59 Å². The van der Waals surface area contributed by atoms with E-state index in [-0.39, 0.29) is 17.5 Å². The van der Waals surface area contributed by atoms with Gasteiger partial charge in [-0.05, 0) is 57.9 Å². The topological polar surface area (TPSA) is 34.1 Å². The maximum absolute atomic E-state index is 12.3. The maximum Gasteiger partial charge on any atom is 0.163 e. The smallest absolute Gasteiger partial charge is 0.163 e. The van der Waals surface area contributed by atoms with E-state index in [0.29, 0.717) is 24.3 Å². The molecule has 2 atom stereocenters. The van der Waals surface area contributed by atoms with Crippen LogP contribution in [0.5, 0.6) is 0 Å². The summed E-state index contributed by atoms with van der Waals surface area (Å²) in [5.41, 5.74) is 3.24. The lowest BCUT2D eigenvalue weighted by Crippen LogP contribution is -2.23.